The summed E-state index contributed by atoms with van der Waals surface area (Å²) in [6.45, 7) is 5.60. The highest BCUT2D eigenvalue weighted by molar-refractivity contribution is 5.94. The molecule has 4 nitrogen and oxygen atoms in total. The molecule has 0 aromatic heterocycles. The highest BCUT2D eigenvalue weighted by atomic mass is 16.5. The Morgan fingerprint density at radius 3 is 3.19 bits per heavy atom. The molecule has 0 aliphatic carbocycles. The fraction of sp³-hybridized carbons (Fsp3) is 0.588. The van der Waals surface area contributed by atoms with Crippen molar-refractivity contribution in [3.63, 3.8) is 0 Å². The predicted molar refractivity (Wildman–Crippen MR) is 82.6 cm³/mol. The normalized spacial score (nSPS) is 24.7. The van der Waals surface area contributed by atoms with E-state index in [1.807, 2.05) is 29.2 Å². The van der Waals surface area contributed by atoms with Crippen LogP contribution < -0.4 is 10.1 Å². The number of hydrogen-bond donors (Lipinski definition) is 1. The minimum atomic E-state index is 0.141. The SMILES string of the molecule is CCCOc1cccc(C(=O)N2CCC3NCCC3C2)c1. The van der Waals surface area contributed by atoms with E-state index < -0.39 is 0 Å². The molecule has 2 aliphatic heterocycles. The van der Waals surface area contributed by atoms with Crippen LogP contribution in [-0.4, -0.2) is 43.1 Å². The zero-order valence-corrected chi connectivity index (χ0v) is 12.7. The maximum atomic E-state index is 12.7. The number of ether oxygens (including phenoxy) is 1. The quantitative estimate of drug-likeness (QED) is 0.924. The molecule has 0 radical (unpaired) electrons. The van der Waals surface area contributed by atoms with Crippen LogP contribution >= 0.6 is 0 Å². The molecule has 2 atom stereocenters. The first kappa shape index (κ1) is 14.4. The zero-order chi connectivity index (χ0) is 14.7. The predicted octanol–water partition coefficient (Wildman–Crippen LogP) is 2.30. The average molecular weight is 288 g/mol. The largest absolute Gasteiger partial charge is 0.494 e. The van der Waals surface area contributed by atoms with Crippen LogP contribution in [0.1, 0.15) is 36.5 Å². The van der Waals surface area contributed by atoms with E-state index in [1.165, 1.54) is 6.42 Å². The lowest BCUT2D eigenvalue weighted by Gasteiger charge is -2.35. The van der Waals surface area contributed by atoms with Crippen LogP contribution in [0.2, 0.25) is 0 Å². The Hall–Kier alpha value is -1.55. The molecule has 1 N–H and O–H groups in total. The van der Waals surface area contributed by atoms with Gasteiger partial charge in [0.05, 0.1) is 6.61 Å². The number of fused-ring (bicyclic) bond motifs is 1. The molecule has 2 unspecified atom stereocenters. The van der Waals surface area contributed by atoms with E-state index in [2.05, 4.69) is 12.2 Å². The van der Waals surface area contributed by atoms with E-state index in [4.69, 9.17) is 4.74 Å². The van der Waals surface area contributed by atoms with Gasteiger partial charge in [-0.15, -0.1) is 0 Å². The van der Waals surface area contributed by atoms with E-state index in [-0.39, 0.29) is 5.91 Å². The number of piperidine rings is 1. The molecule has 1 amide bonds. The molecule has 0 spiro atoms. The number of hydrogen-bond acceptors (Lipinski definition) is 3. The van der Waals surface area contributed by atoms with Gasteiger partial charge in [-0.3, -0.25) is 4.79 Å². The number of nitrogens with one attached hydrogen (secondary N) is 1. The van der Waals surface area contributed by atoms with E-state index in [9.17, 15) is 4.79 Å². The van der Waals surface area contributed by atoms with Gasteiger partial charge in [0.2, 0.25) is 0 Å². The van der Waals surface area contributed by atoms with Crippen LogP contribution in [0.5, 0.6) is 5.75 Å². The Morgan fingerprint density at radius 2 is 2.33 bits per heavy atom. The van der Waals surface area contributed by atoms with E-state index in [0.29, 0.717) is 18.6 Å². The summed E-state index contributed by atoms with van der Waals surface area (Å²) in [5.74, 6) is 1.56. The Kier molecular flexibility index (Phi) is 4.44. The van der Waals surface area contributed by atoms with Crippen LogP contribution in [-0.2, 0) is 0 Å². The van der Waals surface area contributed by atoms with Crippen LogP contribution in [0.3, 0.4) is 0 Å². The Bertz CT molecular complexity index is 503. The smallest absolute Gasteiger partial charge is 0.253 e. The van der Waals surface area contributed by atoms with Crippen molar-refractivity contribution < 1.29 is 9.53 Å². The van der Waals surface area contributed by atoms with Gasteiger partial charge in [-0.1, -0.05) is 13.0 Å². The summed E-state index contributed by atoms with van der Waals surface area (Å²) >= 11 is 0. The molecule has 2 saturated heterocycles. The first-order valence-electron chi connectivity index (χ1n) is 8.03. The van der Waals surface area contributed by atoms with E-state index in [1.54, 1.807) is 0 Å². The summed E-state index contributed by atoms with van der Waals surface area (Å²) in [5.41, 5.74) is 0.744. The lowest BCUT2D eigenvalue weighted by Crippen LogP contribution is -2.46. The van der Waals surface area contributed by atoms with Gasteiger partial charge >= 0.3 is 0 Å². The van der Waals surface area contributed by atoms with E-state index >= 15 is 0 Å². The second-order valence-electron chi connectivity index (χ2n) is 6.03. The minimum Gasteiger partial charge on any atom is -0.494 e. The molecule has 2 fully saturated rings. The molecule has 0 saturated carbocycles. The molecule has 3 rings (SSSR count). The molecule has 0 bridgehead atoms. The van der Waals surface area contributed by atoms with Crippen molar-refractivity contribution in [2.75, 3.05) is 26.2 Å². The number of benzene rings is 1. The van der Waals surface area contributed by atoms with Crippen molar-refractivity contribution in [2.24, 2.45) is 5.92 Å². The molecule has 1 aromatic carbocycles. The molecular weight excluding hydrogens is 264 g/mol. The van der Waals surface area contributed by atoms with Gasteiger partial charge in [0.1, 0.15) is 5.75 Å². The lowest BCUT2D eigenvalue weighted by atomic mass is 9.93. The zero-order valence-electron chi connectivity index (χ0n) is 12.7. The van der Waals surface area contributed by atoms with Crippen LogP contribution in [0, 0.1) is 5.92 Å². The average Bonchev–Trinajstić information content (AvgIpc) is 3.00. The summed E-state index contributed by atoms with van der Waals surface area (Å²) in [5, 5.41) is 3.53. The first-order valence-corrected chi connectivity index (χ1v) is 8.03. The van der Waals surface area contributed by atoms with Crippen molar-refractivity contribution in [1.29, 1.82) is 0 Å². The van der Waals surface area contributed by atoms with Gasteiger partial charge in [0.15, 0.2) is 0 Å². The summed E-state index contributed by atoms with van der Waals surface area (Å²) in [6, 6.07) is 8.20. The summed E-state index contributed by atoms with van der Waals surface area (Å²) in [7, 11) is 0. The van der Waals surface area contributed by atoms with Gasteiger partial charge in [-0.2, -0.15) is 0 Å². The van der Waals surface area contributed by atoms with Crippen molar-refractivity contribution in [1.82, 2.24) is 10.2 Å². The number of nitrogens with zero attached hydrogens (tertiary/aromatic N) is 1. The van der Waals surface area contributed by atoms with Gasteiger partial charge in [0, 0.05) is 24.7 Å². The van der Waals surface area contributed by atoms with Crippen molar-refractivity contribution in [2.45, 2.75) is 32.2 Å². The molecule has 21 heavy (non-hydrogen) atoms. The number of carbonyl (C=O) groups is 1. The molecule has 4 heteroatoms. The second-order valence-corrected chi connectivity index (χ2v) is 6.03. The lowest BCUT2D eigenvalue weighted by molar-refractivity contribution is 0.0661. The second kappa shape index (κ2) is 6.48. The third-order valence-electron chi connectivity index (χ3n) is 4.50. The third kappa shape index (κ3) is 3.21. The summed E-state index contributed by atoms with van der Waals surface area (Å²) in [6.07, 6.45) is 3.23. The highest BCUT2D eigenvalue weighted by Crippen LogP contribution is 2.26. The fourth-order valence-electron chi connectivity index (χ4n) is 3.35. The van der Waals surface area contributed by atoms with Crippen molar-refractivity contribution >= 4 is 5.91 Å². The molecule has 2 heterocycles. The fourth-order valence-corrected chi connectivity index (χ4v) is 3.35. The molecule has 114 valence electrons. The highest BCUT2D eigenvalue weighted by Gasteiger charge is 2.34. The minimum absolute atomic E-state index is 0.141. The van der Waals surface area contributed by atoms with Crippen molar-refractivity contribution in [3.05, 3.63) is 29.8 Å². The number of amides is 1. The van der Waals surface area contributed by atoms with Gasteiger partial charge in [0.25, 0.3) is 5.91 Å². The van der Waals surface area contributed by atoms with Gasteiger partial charge < -0.3 is 15.0 Å². The van der Waals surface area contributed by atoms with Crippen LogP contribution in [0.15, 0.2) is 24.3 Å². The maximum Gasteiger partial charge on any atom is 0.253 e. The number of rotatable bonds is 4. The first-order chi connectivity index (χ1) is 10.3. The van der Waals surface area contributed by atoms with Gasteiger partial charge in [-0.25, -0.2) is 0 Å². The van der Waals surface area contributed by atoms with Gasteiger partial charge in [-0.05, 0) is 49.9 Å². The number of likely N-dealkylation sites (tertiary alicyclic amines) is 1. The van der Waals surface area contributed by atoms with Crippen molar-refractivity contribution in [3.8, 4) is 5.75 Å². The molecule has 1 aromatic rings. The Balaban J connectivity index is 1.67. The van der Waals surface area contributed by atoms with E-state index in [0.717, 1.165) is 43.8 Å². The molecule has 2 aliphatic rings. The Labute approximate surface area is 126 Å². The Morgan fingerprint density at radius 1 is 1.43 bits per heavy atom. The maximum absolute atomic E-state index is 12.7. The third-order valence-corrected chi connectivity index (χ3v) is 4.50. The molecular formula is C17H24N2O2. The summed E-state index contributed by atoms with van der Waals surface area (Å²) < 4.78 is 5.62. The monoisotopic (exact) mass is 288 g/mol. The topological polar surface area (TPSA) is 41.6 Å². The number of carbonyl (C=O) groups excluding carboxylic acids is 1. The van der Waals surface area contributed by atoms with Crippen LogP contribution in [0.4, 0.5) is 0 Å². The van der Waals surface area contributed by atoms with Crippen LogP contribution in [0.25, 0.3) is 0 Å². The standard InChI is InChI=1S/C17H24N2O2/c1-2-10-21-15-5-3-4-13(11-15)17(20)19-9-7-16-14(12-19)6-8-18-16/h3-5,11,14,16,18H,2,6-10,12H2,1H3. The summed E-state index contributed by atoms with van der Waals surface area (Å²) in [4.78, 5) is 14.7.